The molecule has 1 aliphatic rings. The van der Waals surface area contributed by atoms with Gasteiger partial charge in [-0.1, -0.05) is 12.1 Å². The number of furan rings is 1. The van der Waals surface area contributed by atoms with Crippen molar-refractivity contribution in [2.24, 2.45) is 0 Å². The fraction of sp³-hybridized carbons (Fsp3) is 0.278. The lowest BCUT2D eigenvalue weighted by molar-refractivity contribution is -0.132. The summed E-state index contributed by atoms with van der Waals surface area (Å²) in [7, 11) is 0. The molecular weight excluding hydrogens is 338 g/mol. The van der Waals surface area contributed by atoms with E-state index in [9.17, 15) is 14.4 Å². The van der Waals surface area contributed by atoms with Gasteiger partial charge in [0.1, 0.15) is 24.1 Å². The number of nitrogens with one attached hydrogen (secondary N) is 2. The topological polar surface area (TPSA) is 101 Å². The maximum absolute atomic E-state index is 12.5. The Hall–Kier alpha value is -3.29. The molecule has 3 rings (SSSR count). The molecule has 0 bridgehead atoms. The van der Waals surface area contributed by atoms with Crippen molar-refractivity contribution in [3.63, 3.8) is 0 Å². The second kappa shape index (κ2) is 7.73. The minimum Gasteiger partial charge on any atom is -0.494 e. The van der Waals surface area contributed by atoms with Crippen LogP contribution in [-0.4, -0.2) is 35.9 Å². The predicted octanol–water partition coefficient (Wildman–Crippen LogP) is 1.59. The molecule has 2 heterocycles. The van der Waals surface area contributed by atoms with E-state index in [2.05, 4.69) is 10.6 Å². The van der Waals surface area contributed by atoms with Crippen LogP contribution < -0.4 is 15.4 Å². The van der Waals surface area contributed by atoms with Crippen LogP contribution in [0.25, 0.3) is 0 Å². The summed E-state index contributed by atoms with van der Waals surface area (Å²) in [4.78, 5) is 37.5. The van der Waals surface area contributed by atoms with E-state index in [1.807, 2.05) is 6.92 Å². The zero-order valence-corrected chi connectivity index (χ0v) is 14.2. The molecule has 1 atom stereocenters. The Morgan fingerprint density at radius 2 is 2.04 bits per heavy atom. The molecule has 1 aromatic carbocycles. The predicted molar refractivity (Wildman–Crippen MR) is 91.2 cm³/mol. The minimum atomic E-state index is -0.809. The van der Waals surface area contributed by atoms with Crippen LogP contribution in [0.4, 0.5) is 4.79 Å². The summed E-state index contributed by atoms with van der Waals surface area (Å²) in [6.45, 7) is 2.26. The summed E-state index contributed by atoms with van der Waals surface area (Å²) in [6, 6.07) is 8.92. The minimum absolute atomic E-state index is 0.192. The van der Waals surface area contributed by atoms with Crippen molar-refractivity contribution in [2.75, 3.05) is 13.2 Å². The van der Waals surface area contributed by atoms with Crippen molar-refractivity contribution in [2.45, 2.75) is 19.5 Å². The molecule has 0 aliphatic carbocycles. The Balaban J connectivity index is 1.60. The Morgan fingerprint density at radius 3 is 2.69 bits per heavy atom. The molecular formula is C18H19N3O5. The first kappa shape index (κ1) is 17.5. The van der Waals surface area contributed by atoms with Crippen LogP contribution in [-0.2, 0) is 16.1 Å². The molecule has 2 aromatic rings. The number of benzene rings is 1. The summed E-state index contributed by atoms with van der Waals surface area (Å²) in [5.74, 6) is 0.356. The van der Waals surface area contributed by atoms with Crippen molar-refractivity contribution >= 4 is 17.8 Å². The Morgan fingerprint density at radius 1 is 1.27 bits per heavy atom. The van der Waals surface area contributed by atoms with Crippen LogP contribution in [0.5, 0.6) is 5.75 Å². The first-order valence-electron chi connectivity index (χ1n) is 8.22. The number of hydrogen-bond acceptors (Lipinski definition) is 5. The number of ether oxygens (including phenoxy) is 1. The van der Waals surface area contributed by atoms with E-state index >= 15 is 0 Å². The number of rotatable bonds is 7. The first-order chi connectivity index (χ1) is 12.6. The van der Waals surface area contributed by atoms with Crippen molar-refractivity contribution in [1.82, 2.24) is 15.5 Å². The highest BCUT2D eigenvalue weighted by molar-refractivity contribution is 6.06. The second-order valence-electron chi connectivity index (χ2n) is 5.67. The van der Waals surface area contributed by atoms with E-state index in [-0.39, 0.29) is 13.1 Å². The fourth-order valence-corrected chi connectivity index (χ4v) is 2.62. The van der Waals surface area contributed by atoms with Crippen LogP contribution in [0, 0.1) is 0 Å². The summed E-state index contributed by atoms with van der Waals surface area (Å²) in [6.07, 6.45) is 1.50. The largest absolute Gasteiger partial charge is 0.494 e. The molecule has 0 saturated carbocycles. The van der Waals surface area contributed by atoms with Crippen LogP contribution in [0.1, 0.15) is 24.3 Å². The third-order valence-electron chi connectivity index (χ3n) is 3.89. The smallest absolute Gasteiger partial charge is 0.325 e. The summed E-state index contributed by atoms with van der Waals surface area (Å²) >= 11 is 0. The van der Waals surface area contributed by atoms with Gasteiger partial charge in [0.25, 0.3) is 5.91 Å². The van der Waals surface area contributed by atoms with Crippen molar-refractivity contribution in [3.05, 3.63) is 54.0 Å². The molecule has 1 unspecified atom stereocenters. The molecule has 1 aliphatic heterocycles. The molecule has 8 nitrogen and oxygen atoms in total. The summed E-state index contributed by atoms with van der Waals surface area (Å²) in [5.41, 5.74) is 0.630. The van der Waals surface area contributed by atoms with Crippen molar-refractivity contribution < 1.29 is 23.5 Å². The third kappa shape index (κ3) is 3.85. The molecule has 0 radical (unpaired) electrons. The van der Waals surface area contributed by atoms with Crippen LogP contribution in [0.15, 0.2) is 47.1 Å². The van der Waals surface area contributed by atoms with E-state index in [1.165, 1.54) is 6.26 Å². The Bertz CT molecular complexity index is 786. The van der Waals surface area contributed by atoms with Gasteiger partial charge in [0, 0.05) is 0 Å². The van der Waals surface area contributed by atoms with Gasteiger partial charge in [-0.25, -0.2) is 4.79 Å². The maximum Gasteiger partial charge on any atom is 0.325 e. The molecule has 1 aromatic heterocycles. The van der Waals surface area contributed by atoms with E-state index in [4.69, 9.17) is 9.15 Å². The second-order valence-corrected chi connectivity index (χ2v) is 5.67. The van der Waals surface area contributed by atoms with Gasteiger partial charge in [-0.05, 0) is 36.8 Å². The molecule has 136 valence electrons. The Kier molecular flexibility index (Phi) is 5.21. The number of carbonyl (C=O) groups excluding carboxylic acids is 3. The van der Waals surface area contributed by atoms with Gasteiger partial charge >= 0.3 is 6.03 Å². The number of urea groups is 1. The molecule has 0 spiro atoms. The standard InChI is InChI=1S/C18H19N3O5/c1-2-25-13-7-5-12(6-8-13)16-17(23)21(18(24)20-16)11-15(22)19-10-14-4-3-9-26-14/h3-9,16H,2,10-11H2,1H3,(H,19,22)(H,20,24). The summed E-state index contributed by atoms with van der Waals surface area (Å²) < 4.78 is 10.5. The van der Waals surface area contributed by atoms with Crippen molar-refractivity contribution in [1.29, 1.82) is 0 Å². The number of nitrogens with zero attached hydrogens (tertiary/aromatic N) is 1. The molecule has 1 fully saturated rings. The van der Waals surface area contributed by atoms with Crippen LogP contribution in [0.3, 0.4) is 0 Å². The lowest BCUT2D eigenvalue weighted by Crippen LogP contribution is -2.40. The summed E-state index contributed by atoms with van der Waals surface area (Å²) in [5, 5.41) is 5.20. The average molecular weight is 357 g/mol. The van der Waals surface area contributed by atoms with Gasteiger partial charge in [0.05, 0.1) is 19.4 Å². The number of amides is 4. The average Bonchev–Trinajstić information content (AvgIpc) is 3.25. The van der Waals surface area contributed by atoms with Gasteiger partial charge in [-0.15, -0.1) is 0 Å². The molecule has 1 saturated heterocycles. The van der Waals surface area contributed by atoms with E-state index in [0.29, 0.717) is 23.7 Å². The van der Waals surface area contributed by atoms with Crippen molar-refractivity contribution in [3.8, 4) is 5.75 Å². The number of hydrogen-bond donors (Lipinski definition) is 2. The lowest BCUT2D eigenvalue weighted by Gasteiger charge is -2.13. The molecule has 2 N–H and O–H groups in total. The molecule has 8 heteroatoms. The molecule has 4 amide bonds. The van der Waals surface area contributed by atoms with Gasteiger partial charge < -0.3 is 19.8 Å². The maximum atomic E-state index is 12.5. The highest BCUT2D eigenvalue weighted by Crippen LogP contribution is 2.23. The lowest BCUT2D eigenvalue weighted by atomic mass is 10.1. The normalized spacial score (nSPS) is 16.5. The quantitative estimate of drug-likeness (QED) is 0.733. The fourth-order valence-electron chi connectivity index (χ4n) is 2.62. The number of imide groups is 1. The highest BCUT2D eigenvalue weighted by Gasteiger charge is 2.39. The van der Waals surface area contributed by atoms with Crippen LogP contribution in [0.2, 0.25) is 0 Å². The highest BCUT2D eigenvalue weighted by atomic mass is 16.5. The molecule has 26 heavy (non-hydrogen) atoms. The Labute approximate surface area is 150 Å². The zero-order valence-electron chi connectivity index (χ0n) is 14.2. The SMILES string of the molecule is CCOc1ccc(C2NC(=O)N(CC(=O)NCc3ccco3)C2=O)cc1. The van der Waals surface area contributed by atoms with Crippen LogP contribution >= 0.6 is 0 Å². The van der Waals surface area contributed by atoms with E-state index in [0.717, 1.165) is 4.90 Å². The monoisotopic (exact) mass is 357 g/mol. The zero-order chi connectivity index (χ0) is 18.5. The van der Waals surface area contributed by atoms with E-state index in [1.54, 1.807) is 36.4 Å². The number of carbonyl (C=O) groups is 3. The third-order valence-corrected chi connectivity index (χ3v) is 3.89. The van der Waals surface area contributed by atoms with Gasteiger partial charge in [-0.2, -0.15) is 0 Å². The van der Waals surface area contributed by atoms with Gasteiger partial charge in [-0.3, -0.25) is 14.5 Å². The van der Waals surface area contributed by atoms with Gasteiger partial charge in [0.2, 0.25) is 5.91 Å². The van der Waals surface area contributed by atoms with E-state index < -0.39 is 23.9 Å². The first-order valence-corrected chi connectivity index (χ1v) is 8.22. The van der Waals surface area contributed by atoms with Gasteiger partial charge in [0.15, 0.2) is 0 Å².